The molecule has 2 atom stereocenters. The standard InChI is InChI=1S/C16H19BrN2OS/c1-9-6-7-10(2)19(8-9)16(20)15-14(18)13-11(17)4-3-5-12(13)21-15/h3-5,9-10H,6-8,18H2,1-2H3. The maximum Gasteiger partial charge on any atom is 0.266 e. The molecule has 0 bridgehead atoms. The Hall–Kier alpha value is -1.07. The SMILES string of the molecule is CC1CCC(C)N(C(=O)c2sc3cccc(Br)c3c2N)C1. The highest BCUT2D eigenvalue weighted by atomic mass is 79.9. The Morgan fingerprint density at radius 3 is 2.86 bits per heavy atom. The summed E-state index contributed by atoms with van der Waals surface area (Å²) in [5, 5.41) is 0.962. The monoisotopic (exact) mass is 366 g/mol. The summed E-state index contributed by atoms with van der Waals surface area (Å²) in [5.41, 5.74) is 6.87. The molecule has 1 aliphatic rings. The summed E-state index contributed by atoms with van der Waals surface area (Å²) < 4.78 is 2.01. The Morgan fingerprint density at radius 2 is 2.14 bits per heavy atom. The van der Waals surface area contributed by atoms with Gasteiger partial charge in [-0.25, -0.2) is 0 Å². The second-order valence-electron chi connectivity index (χ2n) is 5.95. The lowest BCUT2D eigenvalue weighted by Gasteiger charge is -2.36. The summed E-state index contributed by atoms with van der Waals surface area (Å²) in [6.07, 6.45) is 2.26. The van der Waals surface area contributed by atoms with Gasteiger partial charge in [-0.05, 0) is 37.8 Å². The summed E-state index contributed by atoms with van der Waals surface area (Å²) in [5.74, 6) is 0.645. The first-order valence-electron chi connectivity index (χ1n) is 7.26. The minimum Gasteiger partial charge on any atom is -0.397 e. The van der Waals surface area contributed by atoms with Crippen molar-refractivity contribution in [2.75, 3.05) is 12.3 Å². The van der Waals surface area contributed by atoms with Gasteiger partial charge in [-0.15, -0.1) is 11.3 Å². The summed E-state index contributed by atoms with van der Waals surface area (Å²) in [6, 6.07) is 6.25. The van der Waals surface area contributed by atoms with Crippen LogP contribution in [0.4, 0.5) is 5.69 Å². The molecular formula is C16H19BrN2OS. The minimum absolute atomic E-state index is 0.0830. The zero-order valence-corrected chi connectivity index (χ0v) is 14.6. The van der Waals surface area contributed by atoms with E-state index in [1.54, 1.807) is 0 Å². The number of halogens is 1. The van der Waals surface area contributed by atoms with Gasteiger partial charge in [0.1, 0.15) is 4.88 Å². The van der Waals surface area contributed by atoms with Crippen molar-refractivity contribution in [2.45, 2.75) is 32.7 Å². The normalized spacial score (nSPS) is 22.7. The number of nitrogens with two attached hydrogens (primary N) is 1. The number of hydrogen-bond acceptors (Lipinski definition) is 3. The molecule has 0 spiro atoms. The van der Waals surface area contributed by atoms with Crippen LogP contribution in [0.15, 0.2) is 22.7 Å². The van der Waals surface area contributed by atoms with Crippen molar-refractivity contribution in [3.8, 4) is 0 Å². The van der Waals surface area contributed by atoms with Crippen LogP contribution in [-0.2, 0) is 0 Å². The topological polar surface area (TPSA) is 46.3 Å². The molecule has 21 heavy (non-hydrogen) atoms. The zero-order chi connectivity index (χ0) is 15.1. The maximum absolute atomic E-state index is 12.9. The average Bonchev–Trinajstić information content (AvgIpc) is 2.79. The van der Waals surface area contributed by atoms with E-state index in [0.29, 0.717) is 22.5 Å². The number of benzene rings is 1. The third kappa shape index (κ3) is 2.57. The minimum atomic E-state index is 0.0830. The molecule has 1 aliphatic heterocycles. The van der Waals surface area contributed by atoms with Crippen LogP contribution in [0.2, 0.25) is 0 Å². The number of thiophene rings is 1. The van der Waals surface area contributed by atoms with Gasteiger partial charge in [0.25, 0.3) is 5.91 Å². The van der Waals surface area contributed by atoms with Crippen LogP contribution in [-0.4, -0.2) is 23.4 Å². The third-order valence-corrected chi connectivity index (χ3v) is 6.09. The van der Waals surface area contributed by atoms with E-state index < -0.39 is 0 Å². The Bertz CT molecular complexity index is 697. The fourth-order valence-corrected chi connectivity index (χ4v) is 4.81. The highest BCUT2D eigenvalue weighted by molar-refractivity contribution is 9.10. The second-order valence-corrected chi connectivity index (χ2v) is 7.85. The zero-order valence-electron chi connectivity index (χ0n) is 12.2. The summed E-state index contributed by atoms with van der Waals surface area (Å²) in [7, 11) is 0. The number of carbonyl (C=O) groups is 1. The number of nitrogen functional groups attached to an aromatic ring is 1. The average molecular weight is 367 g/mol. The van der Waals surface area contributed by atoms with E-state index in [1.807, 2.05) is 23.1 Å². The molecule has 1 saturated heterocycles. The van der Waals surface area contributed by atoms with Crippen molar-refractivity contribution in [2.24, 2.45) is 5.92 Å². The summed E-state index contributed by atoms with van der Waals surface area (Å²) >= 11 is 5.03. The van der Waals surface area contributed by atoms with Gasteiger partial charge in [0.05, 0.1) is 5.69 Å². The Balaban J connectivity index is 2.02. The number of fused-ring (bicyclic) bond motifs is 1. The van der Waals surface area contributed by atoms with Gasteiger partial charge >= 0.3 is 0 Å². The fraction of sp³-hybridized carbons (Fsp3) is 0.438. The molecular weight excluding hydrogens is 348 g/mol. The quantitative estimate of drug-likeness (QED) is 0.806. The summed E-state index contributed by atoms with van der Waals surface area (Å²) in [4.78, 5) is 15.6. The van der Waals surface area contributed by atoms with Crippen molar-refractivity contribution in [3.05, 3.63) is 27.5 Å². The summed E-state index contributed by atoms with van der Waals surface area (Å²) in [6.45, 7) is 5.16. The van der Waals surface area contributed by atoms with Gasteiger partial charge < -0.3 is 10.6 Å². The molecule has 5 heteroatoms. The molecule has 1 aromatic heterocycles. The predicted molar refractivity (Wildman–Crippen MR) is 92.8 cm³/mol. The van der Waals surface area contributed by atoms with Gasteiger partial charge in [-0.1, -0.05) is 28.9 Å². The Morgan fingerprint density at radius 1 is 1.38 bits per heavy atom. The van der Waals surface area contributed by atoms with Crippen molar-refractivity contribution in [1.82, 2.24) is 4.90 Å². The number of nitrogens with zero attached hydrogens (tertiary/aromatic N) is 1. The van der Waals surface area contributed by atoms with E-state index in [0.717, 1.165) is 27.5 Å². The van der Waals surface area contributed by atoms with Gasteiger partial charge in [-0.3, -0.25) is 4.79 Å². The van der Waals surface area contributed by atoms with Gasteiger partial charge in [0.15, 0.2) is 0 Å². The molecule has 2 N–H and O–H groups in total. The number of carbonyl (C=O) groups excluding carboxylic acids is 1. The Kier molecular flexibility index (Phi) is 3.97. The maximum atomic E-state index is 12.9. The molecule has 0 radical (unpaired) electrons. The van der Waals surface area contributed by atoms with Crippen LogP contribution < -0.4 is 5.73 Å². The van der Waals surface area contributed by atoms with E-state index in [2.05, 4.69) is 29.8 Å². The van der Waals surface area contributed by atoms with Crippen LogP contribution in [0, 0.1) is 5.92 Å². The van der Waals surface area contributed by atoms with Crippen LogP contribution in [0.5, 0.6) is 0 Å². The predicted octanol–water partition coefficient (Wildman–Crippen LogP) is 4.51. The first-order chi connectivity index (χ1) is 9.99. The molecule has 0 saturated carbocycles. The lowest BCUT2D eigenvalue weighted by molar-refractivity contribution is 0.0580. The lowest BCUT2D eigenvalue weighted by Crippen LogP contribution is -2.44. The number of rotatable bonds is 1. The largest absolute Gasteiger partial charge is 0.397 e. The van der Waals surface area contributed by atoms with Crippen molar-refractivity contribution < 1.29 is 4.79 Å². The first-order valence-corrected chi connectivity index (χ1v) is 8.87. The van der Waals surface area contributed by atoms with Crippen LogP contribution in [0.25, 0.3) is 10.1 Å². The van der Waals surface area contributed by atoms with E-state index in [4.69, 9.17) is 5.73 Å². The Labute approximate surface area is 137 Å². The third-order valence-electron chi connectivity index (χ3n) is 4.27. The van der Waals surface area contributed by atoms with Gasteiger partial charge in [0, 0.05) is 27.1 Å². The fourth-order valence-electron chi connectivity index (χ4n) is 2.99. The molecule has 1 amide bonds. The van der Waals surface area contributed by atoms with Crippen LogP contribution in [0.3, 0.4) is 0 Å². The lowest BCUT2D eigenvalue weighted by atomic mass is 9.95. The van der Waals surface area contributed by atoms with Crippen LogP contribution >= 0.6 is 27.3 Å². The molecule has 112 valence electrons. The smallest absolute Gasteiger partial charge is 0.266 e. The number of hydrogen-bond donors (Lipinski definition) is 1. The van der Waals surface area contributed by atoms with Gasteiger partial charge in [-0.2, -0.15) is 0 Å². The molecule has 3 nitrogen and oxygen atoms in total. The molecule has 3 rings (SSSR count). The molecule has 1 fully saturated rings. The number of anilines is 1. The van der Waals surface area contributed by atoms with Crippen LogP contribution in [0.1, 0.15) is 36.4 Å². The van der Waals surface area contributed by atoms with Crippen molar-refractivity contribution in [3.63, 3.8) is 0 Å². The van der Waals surface area contributed by atoms with E-state index in [9.17, 15) is 4.79 Å². The van der Waals surface area contributed by atoms with Gasteiger partial charge in [0.2, 0.25) is 0 Å². The number of amides is 1. The number of likely N-dealkylation sites (tertiary alicyclic amines) is 1. The highest BCUT2D eigenvalue weighted by Gasteiger charge is 2.30. The molecule has 0 aliphatic carbocycles. The van der Waals surface area contributed by atoms with Crippen molar-refractivity contribution >= 4 is 48.9 Å². The molecule has 2 heterocycles. The van der Waals surface area contributed by atoms with E-state index >= 15 is 0 Å². The first kappa shape index (κ1) is 14.9. The number of piperidine rings is 1. The molecule has 1 aromatic carbocycles. The molecule has 2 aromatic rings. The van der Waals surface area contributed by atoms with E-state index in [1.165, 1.54) is 17.8 Å². The molecule has 2 unspecified atom stereocenters. The second kappa shape index (κ2) is 5.61. The van der Waals surface area contributed by atoms with E-state index in [-0.39, 0.29) is 5.91 Å². The highest BCUT2D eigenvalue weighted by Crippen LogP contribution is 2.39. The van der Waals surface area contributed by atoms with Crippen molar-refractivity contribution in [1.29, 1.82) is 0 Å².